The molecule has 0 aliphatic carbocycles. The largest absolute Gasteiger partial charge is 0.367 e. The summed E-state index contributed by atoms with van der Waals surface area (Å²) in [6.07, 6.45) is 8.20. The summed E-state index contributed by atoms with van der Waals surface area (Å²) in [7, 11) is 0. The van der Waals surface area contributed by atoms with E-state index in [1.807, 2.05) is 12.3 Å². The summed E-state index contributed by atoms with van der Waals surface area (Å²) in [5, 5.41) is 22.1. The van der Waals surface area contributed by atoms with E-state index in [2.05, 4.69) is 37.2 Å². The van der Waals surface area contributed by atoms with Gasteiger partial charge in [-0.15, -0.1) is 0 Å². The number of nitrogens with one attached hydrogen (secondary N) is 4. The fraction of sp³-hybridized carbons (Fsp3) is 0.500. The van der Waals surface area contributed by atoms with Gasteiger partial charge in [0.25, 0.3) is 0 Å². The van der Waals surface area contributed by atoms with Crippen molar-refractivity contribution in [2.75, 3.05) is 32.7 Å². The monoisotopic (exact) mass is 417 g/mol. The van der Waals surface area contributed by atoms with Crippen LogP contribution in [0.5, 0.6) is 0 Å². The lowest BCUT2D eigenvalue weighted by atomic mass is 9.98. The lowest BCUT2D eigenvalue weighted by molar-refractivity contribution is 0.177. The Balaban J connectivity index is 1.40. The molecule has 0 aromatic carbocycles. The second-order valence-corrected chi connectivity index (χ2v) is 8.06. The van der Waals surface area contributed by atoms with Crippen LogP contribution in [0.15, 0.2) is 51.3 Å². The summed E-state index contributed by atoms with van der Waals surface area (Å²) < 4.78 is 14.4. The van der Waals surface area contributed by atoms with E-state index in [1.165, 1.54) is 0 Å². The normalized spacial score (nSPS) is 26.7. The van der Waals surface area contributed by atoms with Gasteiger partial charge in [-0.2, -0.15) is 5.26 Å². The van der Waals surface area contributed by atoms with Gasteiger partial charge in [0.2, 0.25) is 0 Å². The minimum Gasteiger partial charge on any atom is -0.367 e. The van der Waals surface area contributed by atoms with Crippen molar-refractivity contribution in [2.24, 2.45) is 10.9 Å². The molecule has 1 saturated heterocycles. The Morgan fingerprint density at radius 3 is 3.10 bits per heavy atom. The summed E-state index contributed by atoms with van der Waals surface area (Å²) >= 11 is 6.12. The van der Waals surface area contributed by atoms with E-state index in [-0.39, 0.29) is 18.5 Å². The van der Waals surface area contributed by atoms with Gasteiger partial charge < -0.3 is 26.2 Å². The van der Waals surface area contributed by atoms with E-state index in [9.17, 15) is 4.39 Å². The zero-order valence-electron chi connectivity index (χ0n) is 16.1. The Morgan fingerprint density at radius 1 is 1.38 bits per heavy atom. The maximum Gasteiger partial charge on any atom is 0.162 e. The van der Waals surface area contributed by atoms with Gasteiger partial charge in [-0.25, -0.2) is 9.38 Å². The third-order valence-electron chi connectivity index (χ3n) is 5.55. The summed E-state index contributed by atoms with van der Waals surface area (Å²) in [4.78, 5) is 6.83. The van der Waals surface area contributed by atoms with Crippen LogP contribution < -0.4 is 21.3 Å². The number of hydrogen-bond donors (Lipinski definition) is 4. The zero-order valence-corrected chi connectivity index (χ0v) is 16.9. The first-order valence-corrected chi connectivity index (χ1v) is 10.4. The quantitative estimate of drug-likeness (QED) is 0.527. The molecule has 0 spiro atoms. The van der Waals surface area contributed by atoms with Crippen LogP contribution in [0.25, 0.3) is 0 Å². The molecule has 154 valence electrons. The molecule has 0 aromatic rings. The maximum absolute atomic E-state index is 14.4. The van der Waals surface area contributed by atoms with Crippen molar-refractivity contribution in [3.05, 3.63) is 46.3 Å². The molecule has 2 atom stereocenters. The third-order valence-corrected chi connectivity index (χ3v) is 5.76. The van der Waals surface area contributed by atoms with Gasteiger partial charge in [0, 0.05) is 49.6 Å². The van der Waals surface area contributed by atoms with Crippen LogP contribution in [-0.4, -0.2) is 49.6 Å². The second-order valence-electron chi connectivity index (χ2n) is 7.62. The molecule has 9 heteroatoms. The summed E-state index contributed by atoms with van der Waals surface area (Å²) in [6.45, 7) is 3.54. The Labute approximate surface area is 175 Å². The fourth-order valence-corrected chi connectivity index (χ4v) is 4.25. The lowest BCUT2D eigenvalue weighted by Crippen LogP contribution is -2.41. The van der Waals surface area contributed by atoms with Gasteiger partial charge in [0.15, 0.2) is 11.6 Å². The number of dihydropyridines is 1. The predicted octanol–water partition coefficient (Wildman–Crippen LogP) is 1.76. The van der Waals surface area contributed by atoms with Crippen LogP contribution in [0.4, 0.5) is 4.39 Å². The first-order chi connectivity index (χ1) is 14.1. The van der Waals surface area contributed by atoms with Gasteiger partial charge in [-0.3, -0.25) is 0 Å². The minimum absolute atomic E-state index is 0.0502. The van der Waals surface area contributed by atoms with Crippen LogP contribution in [0.1, 0.15) is 19.3 Å². The van der Waals surface area contributed by atoms with Crippen LogP contribution in [0.2, 0.25) is 0 Å². The number of piperidine rings is 1. The highest BCUT2D eigenvalue weighted by atomic mass is 35.5. The highest BCUT2D eigenvalue weighted by molar-refractivity contribution is 6.31. The molecule has 7 nitrogen and oxygen atoms in total. The van der Waals surface area contributed by atoms with Crippen molar-refractivity contribution >= 4 is 17.4 Å². The Kier molecular flexibility index (Phi) is 6.07. The molecule has 0 bridgehead atoms. The highest BCUT2D eigenvalue weighted by Gasteiger charge is 2.30. The Bertz CT molecular complexity index is 851. The fourth-order valence-electron chi connectivity index (χ4n) is 4.07. The number of halogens is 2. The molecule has 4 rings (SSSR count). The second kappa shape index (κ2) is 8.89. The highest BCUT2D eigenvalue weighted by Crippen LogP contribution is 2.27. The lowest BCUT2D eigenvalue weighted by Gasteiger charge is -2.32. The number of hydrogen-bond acceptors (Lipinski definition) is 7. The molecule has 1 unspecified atom stereocenters. The number of fused-ring (bicyclic) bond motifs is 1. The summed E-state index contributed by atoms with van der Waals surface area (Å²) in [6, 6.07) is 2.20. The van der Waals surface area contributed by atoms with E-state index >= 15 is 0 Å². The van der Waals surface area contributed by atoms with Gasteiger partial charge in [0.1, 0.15) is 12.0 Å². The van der Waals surface area contributed by atoms with Crippen molar-refractivity contribution in [3.8, 4) is 6.07 Å². The Hall–Kier alpha value is -2.50. The zero-order chi connectivity index (χ0) is 20.2. The number of likely N-dealkylation sites (tertiary alicyclic amines) is 1. The molecule has 4 aliphatic heterocycles. The smallest absolute Gasteiger partial charge is 0.162 e. The van der Waals surface area contributed by atoms with E-state index in [0.29, 0.717) is 35.6 Å². The molecule has 0 aromatic heterocycles. The molecule has 1 fully saturated rings. The standard InChI is InChI=1S/C20H25ClFN7/c21-14-7-15-16(10-26-18(15)25-9-14)19-27-11-17(22)20(28-19)24-8-13-3-1-5-29(12-13)6-2-4-23/h7,9-10,13,18,24-26H,1-3,5-6,8,11-12H2,(H,27,28)/t13-,18?/m0/s1. The Morgan fingerprint density at radius 2 is 2.24 bits per heavy atom. The predicted molar refractivity (Wildman–Crippen MR) is 111 cm³/mol. The van der Waals surface area contributed by atoms with Crippen LogP contribution in [-0.2, 0) is 0 Å². The number of allylic oxidation sites excluding steroid dienone is 2. The number of amidine groups is 1. The molecule has 0 saturated carbocycles. The van der Waals surface area contributed by atoms with E-state index in [1.54, 1.807) is 6.20 Å². The summed E-state index contributed by atoms with van der Waals surface area (Å²) in [5.74, 6) is 1.05. The van der Waals surface area contributed by atoms with E-state index in [4.69, 9.17) is 16.9 Å². The molecule has 4 aliphatic rings. The average Bonchev–Trinajstić information content (AvgIpc) is 3.15. The van der Waals surface area contributed by atoms with Gasteiger partial charge in [0.05, 0.1) is 17.6 Å². The number of nitrogens with zero attached hydrogens (tertiary/aromatic N) is 3. The molecule has 4 heterocycles. The molecule has 29 heavy (non-hydrogen) atoms. The first-order valence-electron chi connectivity index (χ1n) is 9.98. The van der Waals surface area contributed by atoms with Crippen molar-refractivity contribution in [3.63, 3.8) is 0 Å². The van der Waals surface area contributed by atoms with Crippen molar-refractivity contribution in [1.82, 2.24) is 26.2 Å². The van der Waals surface area contributed by atoms with E-state index < -0.39 is 0 Å². The van der Waals surface area contributed by atoms with Gasteiger partial charge >= 0.3 is 0 Å². The number of rotatable bonds is 6. The van der Waals surface area contributed by atoms with Crippen molar-refractivity contribution < 1.29 is 4.39 Å². The number of aliphatic imine (C=N–C) groups is 1. The molecule has 0 radical (unpaired) electrons. The van der Waals surface area contributed by atoms with Gasteiger partial charge in [-0.05, 0) is 31.4 Å². The molecular formula is C20H25ClFN7. The van der Waals surface area contributed by atoms with E-state index in [0.717, 1.165) is 43.6 Å². The molecular weight excluding hydrogens is 393 g/mol. The minimum atomic E-state index is -0.289. The van der Waals surface area contributed by atoms with Crippen LogP contribution in [0, 0.1) is 17.2 Å². The summed E-state index contributed by atoms with van der Waals surface area (Å²) in [5.41, 5.74) is 1.85. The van der Waals surface area contributed by atoms with Crippen LogP contribution >= 0.6 is 11.6 Å². The third kappa shape index (κ3) is 4.57. The first kappa shape index (κ1) is 19.8. The average molecular weight is 418 g/mol. The SMILES string of the molecule is N#CCCN1CCC[C@@H](CNC2=C(F)CNC(C3=CNC4NC=C(Cl)C=C34)=N2)C1. The maximum atomic E-state index is 14.4. The van der Waals surface area contributed by atoms with Crippen molar-refractivity contribution in [2.45, 2.75) is 25.4 Å². The van der Waals surface area contributed by atoms with Crippen molar-refractivity contribution in [1.29, 1.82) is 5.26 Å². The molecule has 0 amide bonds. The topological polar surface area (TPSA) is 87.5 Å². The van der Waals surface area contributed by atoms with Crippen LogP contribution in [0.3, 0.4) is 0 Å². The molecule has 4 N–H and O–H groups in total. The van der Waals surface area contributed by atoms with Gasteiger partial charge in [-0.1, -0.05) is 11.6 Å². The number of nitriles is 1.